The molecule has 0 aromatic heterocycles. The Balaban J connectivity index is 2.09. The number of nitrogens with zero attached hydrogens (tertiary/aromatic N) is 1. The second-order valence-corrected chi connectivity index (χ2v) is 5.32. The fourth-order valence-corrected chi connectivity index (χ4v) is 2.98. The number of fused-ring (bicyclic) bond motifs is 3. The smallest absolute Gasteiger partial charge is 0.138 e. The molecule has 15 heavy (non-hydrogen) atoms. The molecule has 1 aromatic carbocycles. The van der Waals surface area contributed by atoms with Gasteiger partial charge in [0.2, 0.25) is 0 Å². The first-order valence-electron chi connectivity index (χ1n) is 5.25. The highest BCUT2D eigenvalue weighted by Gasteiger charge is 2.30. The van der Waals surface area contributed by atoms with Crippen LogP contribution in [0.3, 0.4) is 0 Å². The van der Waals surface area contributed by atoms with E-state index in [0.717, 1.165) is 24.5 Å². The third kappa shape index (κ3) is 1.49. The maximum absolute atomic E-state index is 13.5. The van der Waals surface area contributed by atoms with Gasteiger partial charge in [-0.05, 0) is 41.5 Å². The van der Waals surface area contributed by atoms with Gasteiger partial charge < -0.3 is 10.2 Å². The number of benzene rings is 1. The first kappa shape index (κ1) is 9.69. The topological polar surface area (TPSA) is 15.3 Å². The normalized spacial score (nSPS) is 23.3. The highest BCUT2D eigenvalue weighted by molar-refractivity contribution is 14.1. The predicted molar refractivity (Wildman–Crippen MR) is 68.0 cm³/mol. The number of anilines is 2. The fraction of sp³-hybridized carbons (Fsp3) is 0.455. The quantitative estimate of drug-likeness (QED) is 0.740. The molecule has 2 aliphatic heterocycles. The van der Waals surface area contributed by atoms with Gasteiger partial charge in [-0.25, -0.2) is 4.39 Å². The molecule has 0 aliphatic carbocycles. The van der Waals surface area contributed by atoms with Crippen molar-refractivity contribution in [1.82, 2.24) is 0 Å². The summed E-state index contributed by atoms with van der Waals surface area (Å²) in [5.74, 6) is -0.108. The Morgan fingerprint density at radius 1 is 1.47 bits per heavy atom. The van der Waals surface area contributed by atoms with Crippen molar-refractivity contribution in [3.63, 3.8) is 0 Å². The molecule has 2 heterocycles. The standard InChI is InChI=1S/C11H12FIN2/c12-8-4-11-10(5-9(8)13)14-6-7-2-1-3-15(7)11/h4-5,7,14H,1-3,6H2. The van der Waals surface area contributed by atoms with Crippen LogP contribution in [-0.2, 0) is 0 Å². The highest BCUT2D eigenvalue weighted by Crippen LogP contribution is 2.37. The lowest BCUT2D eigenvalue weighted by Gasteiger charge is -2.34. The molecule has 1 unspecified atom stereocenters. The molecule has 2 aliphatic rings. The zero-order valence-corrected chi connectivity index (χ0v) is 10.4. The van der Waals surface area contributed by atoms with Gasteiger partial charge in [0.15, 0.2) is 0 Å². The maximum atomic E-state index is 13.5. The van der Waals surface area contributed by atoms with Crippen LogP contribution < -0.4 is 10.2 Å². The minimum Gasteiger partial charge on any atom is -0.381 e. The van der Waals surface area contributed by atoms with Gasteiger partial charge in [0, 0.05) is 25.2 Å². The molecule has 0 bridgehead atoms. The lowest BCUT2D eigenvalue weighted by Crippen LogP contribution is -2.39. The van der Waals surface area contributed by atoms with E-state index in [0.29, 0.717) is 9.61 Å². The summed E-state index contributed by atoms with van der Waals surface area (Å²) in [5, 5.41) is 3.39. The lowest BCUT2D eigenvalue weighted by molar-refractivity contribution is 0.615. The molecule has 0 saturated carbocycles. The van der Waals surface area contributed by atoms with E-state index in [-0.39, 0.29) is 5.82 Å². The molecule has 2 nitrogen and oxygen atoms in total. The Labute approximate surface area is 102 Å². The van der Waals surface area contributed by atoms with Gasteiger partial charge in [0.25, 0.3) is 0 Å². The van der Waals surface area contributed by atoms with E-state index in [4.69, 9.17) is 0 Å². The Morgan fingerprint density at radius 3 is 3.20 bits per heavy atom. The van der Waals surface area contributed by atoms with Crippen molar-refractivity contribution < 1.29 is 4.39 Å². The molecule has 80 valence electrons. The Bertz CT molecular complexity index is 408. The molecule has 0 radical (unpaired) electrons. The van der Waals surface area contributed by atoms with Crippen LogP contribution in [0.5, 0.6) is 0 Å². The molecule has 1 fully saturated rings. The predicted octanol–water partition coefficient (Wildman–Crippen LogP) is 2.82. The Kier molecular flexibility index (Phi) is 2.26. The maximum Gasteiger partial charge on any atom is 0.138 e. The third-order valence-electron chi connectivity index (χ3n) is 3.25. The van der Waals surface area contributed by atoms with E-state index in [9.17, 15) is 4.39 Å². The van der Waals surface area contributed by atoms with Gasteiger partial charge in [0.1, 0.15) is 5.82 Å². The fourth-order valence-electron chi connectivity index (χ4n) is 2.51. The molecule has 3 rings (SSSR count). The van der Waals surface area contributed by atoms with E-state index >= 15 is 0 Å². The van der Waals surface area contributed by atoms with Crippen LogP contribution in [0.4, 0.5) is 15.8 Å². The second-order valence-electron chi connectivity index (χ2n) is 4.15. The second kappa shape index (κ2) is 3.50. The summed E-state index contributed by atoms with van der Waals surface area (Å²) < 4.78 is 14.2. The number of hydrogen-bond donors (Lipinski definition) is 1. The third-order valence-corrected chi connectivity index (χ3v) is 4.08. The zero-order chi connectivity index (χ0) is 10.4. The van der Waals surface area contributed by atoms with Crippen molar-refractivity contribution in [2.24, 2.45) is 0 Å². The van der Waals surface area contributed by atoms with Gasteiger partial charge in [-0.3, -0.25) is 0 Å². The average Bonchev–Trinajstić information content (AvgIpc) is 2.68. The van der Waals surface area contributed by atoms with Crippen LogP contribution in [0.1, 0.15) is 12.8 Å². The number of hydrogen-bond acceptors (Lipinski definition) is 2. The van der Waals surface area contributed by atoms with Gasteiger partial charge in [-0.2, -0.15) is 0 Å². The average molecular weight is 318 g/mol. The highest BCUT2D eigenvalue weighted by atomic mass is 127. The Morgan fingerprint density at radius 2 is 2.33 bits per heavy atom. The molecule has 4 heteroatoms. The number of rotatable bonds is 0. The van der Waals surface area contributed by atoms with Crippen LogP contribution in [0, 0.1) is 9.39 Å². The molecule has 0 amide bonds. The minimum atomic E-state index is -0.108. The van der Waals surface area contributed by atoms with Crippen molar-refractivity contribution in [2.75, 3.05) is 23.3 Å². The summed E-state index contributed by atoms with van der Waals surface area (Å²) in [7, 11) is 0. The lowest BCUT2D eigenvalue weighted by atomic mass is 10.1. The van der Waals surface area contributed by atoms with E-state index in [1.807, 2.05) is 28.7 Å². The van der Waals surface area contributed by atoms with Crippen LogP contribution in [0.25, 0.3) is 0 Å². The van der Waals surface area contributed by atoms with Crippen molar-refractivity contribution in [3.8, 4) is 0 Å². The number of nitrogens with one attached hydrogen (secondary N) is 1. The van der Waals surface area contributed by atoms with Gasteiger partial charge >= 0.3 is 0 Å². The van der Waals surface area contributed by atoms with Crippen molar-refractivity contribution >= 4 is 34.0 Å². The first-order valence-corrected chi connectivity index (χ1v) is 6.33. The molecular weight excluding hydrogens is 306 g/mol. The monoisotopic (exact) mass is 318 g/mol. The minimum absolute atomic E-state index is 0.108. The molecule has 1 atom stereocenters. The zero-order valence-electron chi connectivity index (χ0n) is 8.26. The Hall–Kier alpha value is -0.520. The van der Waals surface area contributed by atoms with E-state index in [1.165, 1.54) is 12.8 Å². The number of halogens is 2. The summed E-state index contributed by atoms with van der Waals surface area (Å²) in [6.45, 7) is 2.06. The summed E-state index contributed by atoms with van der Waals surface area (Å²) in [5.41, 5.74) is 2.13. The summed E-state index contributed by atoms with van der Waals surface area (Å²) >= 11 is 2.04. The SMILES string of the molecule is Fc1cc2c(cc1I)NCC1CCCN21. The molecule has 1 aromatic rings. The van der Waals surface area contributed by atoms with E-state index in [1.54, 1.807) is 6.07 Å². The molecule has 1 N–H and O–H groups in total. The molecule has 0 spiro atoms. The van der Waals surface area contributed by atoms with Crippen molar-refractivity contribution in [1.29, 1.82) is 0 Å². The van der Waals surface area contributed by atoms with Gasteiger partial charge in [0.05, 0.1) is 14.9 Å². The van der Waals surface area contributed by atoms with Crippen LogP contribution in [0.2, 0.25) is 0 Å². The summed E-state index contributed by atoms with van der Waals surface area (Å²) in [6.07, 6.45) is 2.44. The van der Waals surface area contributed by atoms with Crippen molar-refractivity contribution in [3.05, 3.63) is 21.5 Å². The van der Waals surface area contributed by atoms with E-state index < -0.39 is 0 Å². The summed E-state index contributed by atoms with van der Waals surface area (Å²) in [4.78, 5) is 2.34. The van der Waals surface area contributed by atoms with Crippen LogP contribution >= 0.6 is 22.6 Å². The molecular formula is C11H12FIN2. The van der Waals surface area contributed by atoms with Gasteiger partial charge in [-0.1, -0.05) is 0 Å². The molecule has 1 saturated heterocycles. The van der Waals surface area contributed by atoms with Gasteiger partial charge in [-0.15, -0.1) is 0 Å². The van der Waals surface area contributed by atoms with E-state index in [2.05, 4.69) is 10.2 Å². The van der Waals surface area contributed by atoms with Crippen LogP contribution in [-0.4, -0.2) is 19.1 Å². The largest absolute Gasteiger partial charge is 0.381 e. The van der Waals surface area contributed by atoms with Crippen molar-refractivity contribution in [2.45, 2.75) is 18.9 Å². The van der Waals surface area contributed by atoms with Crippen LogP contribution in [0.15, 0.2) is 12.1 Å². The first-order chi connectivity index (χ1) is 7.25. The summed E-state index contributed by atoms with van der Waals surface area (Å²) in [6, 6.07) is 4.14.